The fourth-order valence-electron chi connectivity index (χ4n) is 2.81. The van der Waals surface area contributed by atoms with Crippen LogP contribution in [0.1, 0.15) is 25.7 Å². The third-order valence-corrected chi connectivity index (χ3v) is 4.63. The number of anilines is 1. The Balaban J connectivity index is 1.74. The van der Waals surface area contributed by atoms with E-state index in [9.17, 15) is 0 Å². The van der Waals surface area contributed by atoms with E-state index in [4.69, 9.17) is 11.6 Å². The summed E-state index contributed by atoms with van der Waals surface area (Å²) in [5, 5.41) is 4.43. The van der Waals surface area contributed by atoms with E-state index in [-0.39, 0.29) is 5.41 Å². The van der Waals surface area contributed by atoms with Crippen LogP contribution in [0, 0.1) is 5.41 Å². The van der Waals surface area contributed by atoms with Crippen molar-refractivity contribution in [1.82, 2.24) is 9.97 Å². The Bertz CT molecular complexity index is 564. The lowest BCUT2D eigenvalue weighted by Crippen LogP contribution is -2.29. The molecule has 2 aromatic rings. The van der Waals surface area contributed by atoms with E-state index in [1.807, 2.05) is 30.5 Å². The zero-order valence-corrected chi connectivity index (χ0v) is 11.7. The molecule has 0 spiro atoms. The molecule has 0 aliphatic heterocycles. The van der Waals surface area contributed by atoms with Crippen LogP contribution in [0.5, 0.6) is 0 Å². The van der Waals surface area contributed by atoms with Gasteiger partial charge in [-0.1, -0.05) is 31.0 Å². The molecule has 1 saturated carbocycles. The fraction of sp³-hybridized carbons (Fsp3) is 0.467. The SMILES string of the molecule is ClCC1(CNc2ncc3ccccc3n2)CCCC1. The lowest BCUT2D eigenvalue weighted by atomic mass is 9.89. The van der Waals surface area contributed by atoms with E-state index in [1.54, 1.807) is 0 Å². The number of hydrogen-bond donors (Lipinski definition) is 1. The second-order valence-electron chi connectivity index (χ2n) is 5.45. The normalized spacial score (nSPS) is 17.7. The summed E-state index contributed by atoms with van der Waals surface area (Å²) in [6.07, 6.45) is 6.85. The van der Waals surface area contributed by atoms with Gasteiger partial charge in [-0.2, -0.15) is 0 Å². The van der Waals surface area contributed by atoms with Crippen LogP contribution in [0.15, 0.2) is 30.5 Å². The molecule has 1 aromatic heterocycles. The molecule has 1 heterocycles. The molecule has 0 unspecified atom stereocenters. The maximum atomic E-state index is 6.15. The standard InChI is InChI=1S/C15H18ClN3/c16-10-15(7-3-4-8-15)11-18-14-17-9-12-5-1-2-6-13(12)19-14/h1-2,5-6,9H,3-4,7-8,10-11H2,(H,17,18,19). The average molecular weight is 276 g/mol. The minimum atomic E-state index is 0.233. The maximum Gasteiger partial charge on any atom is 0.223 e. The monoisotopic (exact) mass is 275 g/mol. The minimum Gasteiger partial charge on any atom is -0.354 e. The Morgan fingerprint density at radius 1 is 1.21 bits per heavy atom. The Labute approximate surface area is 118 Å². The van der Waals surface area contributed by atoms with Gasteiger partial charge in [0.15, 0.2) is 0 Å². The molecule has 19 heavy (non-hydrogen) atoms. The summed E-state index contributed by atoms with van der Waals surface area (Å²) in [5.41, 5.74) is 1.21. The largest absolute Gasteiger partial charge is 0.354 e. The molecule has 0 atom stereocenters. The summed E-state index contributed by atoms with van der Waals surface area (Å²) in [4.78, 5) is 8.90. The van der Waals surface area contributed by atoms with Crippen molar-refractivity contribution >= 4 is 28.5 Å². The number of rotatable bonds is 4. The summed E-state index contributed by atoms with van der Waals surface area (Å²) in [6.45, 7) is 0.870. The van der Waals surface area contributed by atoms with E-state index in [0.29, 0.717) is 11.8 Å². The predicted octanol–water partition coefficient (Wildman–Crippen LogP) is 3.84. The number of halogens is 1. The molecular weight excluding hydrogens is 258 g/mol. The number of alkyl halides is 1. The second-order valence-corrected chi connectivity index (χ2v) is 5.71. The number of para-hydroxylation sites is 1. The Kier molecular flexibility index (Phi) is 3.56. The van der Waals surface area contributed by atoms with Crippen LogP contribution in [0.25, 0.3) is 10.9 Å². The van der Waals surface area contributed by atoms with Gasteiger partial charge in [0.25, 0.3) is 0 Å². The molecule has 0 amide bonds. The van der Waals surface area contributed by atoms with Crippen LogP contribution in [-0.4, -0.2) is 22.4 Å². The van der Waals surface area contributed by atoms with Gasteiger partial charge in [0.1, 0.15) is 0 Å². The zero-order valence-electron chi connectivity index (χ0n) is 10.9. The lowest BCUT2D eigenvalue weighted by molar-refractivity contribution is 0.368. The van der Waals surface area contributed by atoms with E-state index >= 15 is 0 Å². The minimum absolute atomic E-state index is 0.233. The van der Waals surface area contributed by atoms with Crippen LogP contribution in [0.2, 0.25) is 0 Å². The van der Waals surface area contributed by atoms with Crippen molar-refractivity contribution in [2.45, 2.75) is 25.7 Å². The molecule has 100 valence electrons. The second kappa shape index (κ2) is 5.33. The molecule has 0 saturated heterocycles. The molecule has 1 fully saturated rings. The van der Waals surface area contributed by atoms with Crippen molar-refractivity contribution in [3.05, 3.63) is 30.5 Å². The number of nitrogens with one attached hydrogen (secondary N) is 1. The van der Waals surface area contributed by atoms with Crippen molar-refractivity contribution in [2.24, 2.45) is 5.41 Å². The first-order valence-electron chi connectivity index (χ1n) is 6.83. The molecule has 3 nitrogen and oxygen atoms in total. The highest BCUT2D eigenvalue weighted by Gasteiger charge is 2.32. The summed E-state index contributed by atoms with van der Waals surface area (Å²) in [6, 6.07) is 8.03. The fourth-order valence-corrected chi connectivity index (χ4v) is 3.17. The van der Waals surface area contributed by atoms with Gasteiger partial charge in [0, 0.05) is 29.4 Å². The summed E-state index contributed by atoms with van der Waals surface area (Å²) in [7, 11) is 0. The smallest absolute Gasteiger partial charge is 0.223 e. The van der Waals surface area contributed by atoms with E-state index in [2.05, 4.69) is 15.3 Å². The van der Waals surface area contributed by atoms with Crippen molar-refractivity contribution in [1.29, 1.82) is 0 Å². The highest BCUT2D eigenvalue weighted by Crippen LogP contribution is 2.39. The van der Waals surface area contributed by atoms with E-state index < -0.39 is 0 Å². The van der Waals surface area contributed by atoms with Gasteiger partial charge in [0.2, 0.25) is 5.95 Å². The highest BCUT2D eigenvalue weighted by molar-refractivity contribution is 6.18. The third kappa shape index (κ3) is 2.66. The predicted molar refractivity (Wildman–Crippen MR) is 79.6 cm³/mol. The lowest BCUT2D eigenvalue weighted by Gasteiger charge is -2.26. The maximum absolute atomic E-state index is 6.15. The zero-order chi connectivity index (χ0) is 13.1. The van der Waals surface area contributed by atoms with Gasteiger partial charge >= 0.3 is 0 Å². The first-order valence-corrected chi connectivity index (χ1v) is 7.36. The van der Waals surface area contributed by atoms with Crippen LogP contribution in [0.3, 0.4) is 0 Å². The van der Waals surface area contributed by atoms with Gasteiger partial charge < -0.3 is 5.32 Å². The number of hydrogen-bond acceptors (Lipinski definition) is 3. The van der Waals surface area contributed by atoms with Crippen molar-refractivity contribution in [3.63, 3.8) is 0 Å². The molecule has 1 aliphatic carbocycles. The van der Waals surface area contributed by atoms with Crippen LogP contribution in [-0.2, 0) is 0 Å². The van der Waals surface area contributed by atoms with Crippen molar-refractivity contribution < 1.29 is 0 Å². The van der Waals surface area contributed by atoms with Gasteiger partial charge in [-0.15, -0.1) is 11.6 Å². The topological polar surface area (TPSA) is 37.8 Å². The van der Waals surface area contributed by atoms with Gasteiger partial charge in [-0.05, 0) is 18.9 Å². The Morgan fingerprint density at radius 3 is 2.79 bits per heavy atom. The number of benzene rings is 1. The van der Waals surface area contributed by atoms with Gasteiger partial charge in [0.05, 0.1) is 5.52 Å². The number of aromatic nitrogens is 2. The quantitative estimate of drug-likeness (QED) is 0.862. The number of nitrogens with zero attached hydrogens (tertiary/aromatic N) is 2. The summed E-state index contributed by atoms with van der Waals surface area (Å²) in [5.74, 6) is 1.42. The van der Waals surface area contributed by atoms with Crippen molar-refractivity contribution in [3.8, 4) is 0 Å². The molecule has 0 bridgehead atoms. The van der Waals surface area contributed by atoms with E-state index in [0.717, 1.165) is 17.4 Å². The molecule has 1 aromatic carbocycles. The molecule has 1 aliphatic rings. The Hall–Kier alpha value is -1.35. The van der Waals surface area contributed by atoms with E-state index in [1.165, 1.54) is 25.7 Å². The summed E-state index contributed by atoms with van der Waals surface area (Å²) >= 11 is 6.15. The van der Waals surface area contributed by atoms with Crippen LogP contribution in [0.4, 0.5) is 5.95 Å². The third-order valence-electron chi connectivity index (χ3n) is 4.06. The first-order chi connectivity index (χ1) is 9.31. The molecule has 4 heteroatoms. The average Bonchev–Trinajstić information content (AvgIpc) is 2.94. The Morgan fingerprint density at radius 2 is 2.00 bits per heavy atom. The van der Waals surface area contributed by atoms with Crippen LogP contribution < -0.4 is 5.32 Å². The molecule has 3 rings (SSSR count). The molecule has 0 radical (unpaired) electrons. The van der Waals surface area contributed by atoms with Gasteiger partial charge in [-0.25, -0.2) is 9.97 Å². The number of fused-ring (bicyclic) bond motifs is 1. The first kappa shape index (κ1) is 12.7. The highest BCUT2D eigenvalue weighted by atomic mass is 35.5. The molecule has 1 N–H and O–H groups in total. The van der Waals surface area contributed by atoms with Crippen molar-refractivity contribution in [2.75, 3.05) is 17.7 Å². The molecular formula is C15H18ClN3. The van der Waals surface area contributed by atoms with Crippen LogP contribution >= 0.6 is 11.6 Å². The summed E-state index contributed by atoms with van der Waals surface area (Å²) < 4.78 is 0. The van der Waals surface area contributed by atoms with Gasteiger partial charge in [-0.3, -0.25) is 0 Å².